The van der Waals surface area contributed by atoms with Crippen molar-refractivity contribution in [1.82, 2.24) is 4.90 Å². The van der Waals surface area contributed by atoms with Crippen molar-refractivity contribution in [2.24, 2.45) is 0 Å². The maximum Gasteiger partial charge on any atom is 0.255 e. The fraction of sp³-hybridized carbons (Fsp3) is 0.471. The van der Waals surface area contributed by atoms with Crippen molar-refractivity contribution >= 4 is 5.91 Å². The van der Waals surface area contributed by atoms with Crippen LogP contribution in [0.15, 0.2) is 18.2 Å². The molecule has 1 aliphatic rings. The summed E-state index contributed by atoms with van der Waals surface area (Å²) < 4.78 is 0. The molecule has 0 bridgehead atoms. The molecule has 1 heterocycles. The van der Waals surface area contributed by atoms with Gasteiger partial charge in [-0.15, -0.1) is 0 Å². The van der Waals surface area contributed by atoms with Gasteiger partial charge in [-0.25, -0.2) is 0 Å². The third-order valence-corrected chi connectivity index (χ3v) is 3.51. The first kappa shape index (κ1) is 14.6. The summed E-state index contributed by atoms with van der Waals surface area (Å²) in [6.45, 7) is 3.72. The number of amides is 1. The summed E-state index contributed by atoms with van der Waals surface area (Å²) in [6.07, 6.45) is 3.82. The molecular formula is C17H21NO2. The summed E-state index contributed by atoms with van der Waals surface area (Å²) in [5.74, 6) is 5.99. The van der Waals surface area contributed by atoms with E-state index in [4.69, 9.17) is 5.11 Å². The Morgan fingerprint density at radius 1 is 1.30 bits per heavy atom. The summed E-state index contributed by atoms with van der Waals surface area (Å²) in [4.78, 5) is 14.5. The lowest BCUT2D eigenvalue weighted by molar-refractivity contribution is 0.0724. The average molecular weight is 271 g/mol. The van der Waals surface area contributed by atoms with E-state index in [9.17, 15) is 4.79 Å². The Bertz CT molecular complexity index is 534. The topological polar surface area (TPSA) is 40.5 Å². The molecule has 0 radical (unpaired) electrons. The van der Waals surface area contributed by atoms with Gasteiger partial charge in [0.2, 0.25) is 0 Å². The molecule has 1 aromatic rings. The van der Waals surface area contributed by atoms with Gasteiger partial charge in [0.25, 0.3) is 5.91 Å². The highest BCUT2D eigenvalue weighted by Gasteiger charge is 2.20. The van der Waals surface area contributed by atoms with Gasteiger partial charge in [0.1, 0.15) is 0 Å². The van der Waals surface area contributed by atoms with Gasteiger partial charge in [-0.05, 0) is 38.3 Å². The fourth-order valence-electron chi connectivity index (χ4n) is 2.43. The molecule has 0 unspecified atom stereocenters. The molecule has 3 heteroatoms. The van der Waals surface area contributed by atoms with Crippen molar-refractivity contribution in [2.45, 2.75) is 32.6 Å². The van der Waals surface area contributed by atoms with Crippen LogP contribution >= 0.6 is 0 Å². The molecule has 20 heavy (non-hydrogen) atoms. The van der Waals surface area contributed by atoms with E-state index in [0.29, 0.717) is 12.0 Å². The number of carbonyl (C=O) groups excluding carboxylic acids is 1. The summed E-state index contributed by atoms with van der Waals surface area (Å²) >= 11 is 0. The molecule has 1 aliphatic heterocycles. The smallest absolute Gasteiger partial charge is 0.255 e. The summed E-state index contributed by atoms with van der Waals surface area (Å²) in [6, 6.07) is 5.78. The Labute approximate surface area is 120 Å². The number of hydrogen-bond donors (Lipinski definition) is 1. The van der Waals surface area contributed by atoms with Crippen LogP contribution in [0, 0.1) is 18.8 Å². The van der Waals surface area contributed by atoms with Gasteiger partial charge in [-0.2, -0.15) is 0 Å². The highest BCUT2D eigenvalue weighted by Crippen LogP contribution is 2.17. The minimum absolute atomic E-state index is 0.0499. The lowest BCUT2D eigenvalue weighted by atomic mass is 10.0. The highest BCUT2D eigenvalue weighted by atomic mass is 16.2. The number of aliphatic hydroxyl groups is 1. The molecule has 2 rings (SSSR count). The predicted octanol–water partition coefficient (Wildman–Crippen LogP) is 2.36. The Balaban J connectivity index is 2.26. The summed E-state index contributed by atoms with van der Waals surface area (Å²) in [5.41, 5.74) is 2.52. The monoisotopic (exact) mass is 271 g/mol. The molecule has 1 fully saturated rings. The van der Waals surface area contributed by atoms with E-state index in [-0.39, 0.29) is 12.5 Å². The number of rotatable bonds is 2. The van der Waals surface area contributed by atoms with E-state index in [1.807, 2.05) is 30.0 Å². The van der Waals surface area contributed by atoms with E-state index in [0.717, 1.165) is 37.1 Å². The first-order valence-electron chi connectivity index (χ1n) is 7.22. The van der Waals surface area contributed by atoms with Gasteiger partial charge in [-0.1, -0.05) is 23.5 Å². The first-order valence-corrected chi connectivity index (χ1v) is 7.22. The normalized spacial score (nSPS) is 14.6. The lowest BCUT2D eigenvalue weighted by Crippen LogP contribution is -2.36. The Kier molecular flexibility index (Phi) is 5.20. The zero-order valence-corrected chi connectivity index (χ0v) is 12.0. The predicted molar refractivity (Wildman–Crippen MR) is 79.5 cm³/mol. The van der Waals surface area contributed by atoms with Crippen LogP contribution in [0.1, 0.15) is 47.2 Å². The molecule has 1 saturated heterocycles. The molecule has 0 aromatic heterocycles. The summed E-state index contributed by atoms with van der Waals surface area (Å²) in [5, 5.41) is 8.79. The molecule has 3 nitrogen and oxygen atoms in total. The van der Waals surface area contributed by atoms with Crippen LogP contribution in [-0.2, 0) is 0 Å². The quantitative estimate of drug-likeness (QED) is 0.839. The van der Waals surface area contributed by atoms with Gasteiger partial charge < -0.3 is 10.0 Å². The van der Waals surface area contributed by atoms with E-state index >= 15 is 0 Å². The van der Waals surface area contributed by atoms with Crippen molar-refractivity contribution in [3.8, 4) is 11.8 Å². The average Bonchev–Trinajstić information content (AvgIpc) is 2.49. The number of piperidine rings is 1. The van der Waals surface area contributed by atoms with E-state index < -0.39 is 0 Å². The number of aryl methyl sites for hydroxylation is 1. The number of likely N-dealkylation sites (tertiary alicyclic amines) is 1. The minimum atomic E-state index is 0.0499. The van der Waals surface area contributed by atoms with E-state index in [1.54, 1.807) is 0 Å². The number of hydrogen-bond acceptors (Lipinski definition) is 2. The van der Waals surface area contributed by atoms with Crippen LogP contribution in [0.5, 0.6) is 0 Å². The standard InChI is InChI=1S/C17H21NO2/c1-14-8-9-15(7-3-6-12-19)16(13-14)17(20)18-10-4-2-5-11-18/h8-9,13,19H,2,4-6,10-12H2,1H3. The Morgan fingerprint density at radius 3 is 2.75 bits per heavy atom. The second-order valence-electron chi connectivity index (χ2n) is 5.18. The molecule has 1 amide bonds. The van der Waals surface area contributed by atoms with Crippen LogP contribution in [0.4, 0.5) is 0 Å². The second kappa shape index (κ2) is 7.12. The minimum Gasteiger partial charge on any atom is -0.395 e. The van der Waals surface area contributed by atoms with Gasteiger partial charge in [-0.3, -0.25) is 4.79 Å². The largest absolute Gasteiger partial charge is 0.395 e. The van der Waals surface area contributed by atoms with Crippen molar-refractivity contribution in [2.75, 3.05) is 19.7 Å². The SMILES string of the molecule is Cc1ccc(C#CCCO)c(C(=O)N2CCCCC2)c1. The number of aliphatic hydroxyl groups excluding tert-OH is 1. The van der Waals surface area contributed by atoms with Crippen LogP contribution < -0.4 is 0 Å². The zero-order chi connectivity index (χ0) is 14.4. The third kappa shape index (κ3) is 3.61. The summed E-state index contributed by atoms with van der Waals surface area (Å²) in [7, 11) is 0. The first-order chi connectivity index (χ1) is 9.72. The number of benzene rings is 1. The molecule has 0 atom stereocenters. The molecule has 0 saturated carbocycles. The molecule has 106 valence electrons. The van der Waals surface area contributed by atoms with Gasteiger partial charge in [0, 0.05) is 25.1 Å². The lowest BCUT2D eigenvalue weighted by Gasteiger charge is -2.27. The highest BCUT2D eigenvalue weighted by molar-refractivity contribution is 5.97. The maximum absolute atomic E-state index is 12.6. The number of carbonyl (C=O) groups is 1. The van der Waals surface area contributed by atoms with Gasteiger partial charge in [0.15, 0.2) is 0 Å². The van der Waals surface area contributed by atoms with E-state index in [2.05, 4.69) is 11.8 Å². The molecule has 1 N–H and O–H groups in total. The molecule has 1 aromatic carbocycles. The third-order valence-electron chi connectivity index (χ3n) is 3.51. The fourth-order valence-corrected chi connectivity index (χ4v) is 2.43. The zero-order valence-electron chi connectivity index (χ0n) is 12.0. The van der Waals surface area contributed by atoms with Gasteiger partial charge >= 0.3 is 0 Å². The number of nitrogens with zero attached hydrogens (tertiary/aromatic N) is 1. The van der Waals surface area contributed by atoms with Crippen molar-refractivity contribution in [1.29, 1.82) is 0 Å². The van der Waals surface area contributed by atoms with Crippen LogP contribution in [0.2, 0.25) is 0 Å². The van der Waals surface area contributed by atoms with Crippen molar-refractivity contribution in [3.05, 3.63) is 34.9 Å². The molecule has 0 aliphatic carbocycles. The van der Waals surface area contributed by atoms with Crippen molar-refractivity contribution in [3.63, 3.8) is 0 Å². The molecular weight excluding hydrogens is 250 g/mol. The van der Waals surface area contributed by atoms with Crippen LogP contribution in [-0.4, -0.2) is 35.6 Å². The Hall–Kier alpha value is -1.79. The van der Waals surface area contributed by atoms with Crippen molar-refractivity contribution < 1.29 is 9.90 Å². The van der Waals surface area contributed by atoms with Crippen LogP contribution in [0.25, 0.3) is 0 Å². The van der Waals surface area contributed by atoms with E-state index in [1.165, 1.54) is 6.42 Å². The maximum atomic E-state index is 12.6. The molecule has 0 spiro atoms. The Morgan fingerprint density at radius 2 is 2.05 bits per heavy atom. The van der Waals surface area contributed by atoms with Gasteiger partial charge in [0.05, 0.1) is 12.2 Å². The second-order valence-corrected chi connectivity index (χ2v) is 5.18. The van der Waals surface area contributed by atoms with Crippen LogP contribution in [0.3, 0.4) is 0 Å².